The molecule has 2 rings (SSSR count). The molecule has 0 spiro atoms. The minimum atomic E-state index is 0. The number of rotatable bonds is 3. The van der Waals surface area contributed by atoms with Crippen LogP contribution in [-0.4, -0.2) is 55.0 Å². The molecule has 1 unspecified atom stereocenters. The van der Waals surface area contributed by atoms with Gasteiger partial charge in [-0.25, -0.2) is 0 Å². The Morgan fingerprint density at radius 3 is 2.58 bits per heavy atom. The van der Waals surface area contributed by atoms with Crippen molar-refractivity contribution in [2.75, 3.05) is 39.3 Å². The van der Waals surface area contributed by atoms with E-state index in [1.807, 2.05) is 0 Å². The Balaban J connectivity index is 0.00000180. The molecule has 0 bridgehead atoms. The lowest BCUT2D eigenvalue weighted by Crippen LogP contribution is -2.42. The second-order valence-corrected chi connectivity index (χ2v) is 5.65. The highest BCUT2D eigenvalue weighted by molar-refractivity contribution is 14.0. The average Bonchev–Trinajstić information content (AvgIpc) is 2.46. The van der Waals surface area contributed by atoms with Gasteiger partial charge in [-0.15, -0.1) is 24.0 Å². The van der Waals surface area contributed by atoms with Crippen LogP contribution in [0.3, 0.4) is 0 Å². The Kier molecular flexibility index (Phi) is 8.06. The average molecular weight is 380 g/mol. The standard InChI is InChI=1S/C14H28N4.HI/c1-2-17-8-6-7-13(12-17)11-16-14(15)18-9-4-3-5-10-18;/h13H,2-12H2,1H3,(H2,15,16);1H. The first-order valence-electron chi connectivity index (χ1n) is 7.57. The van der Waals surface area contributed by atoms with E-state index in [9.17, 15) is 0 Å². The molecule has 0 aromatic carbocycles. The van der Waals surface area contributed by atoms with Gasteiger partial charge in [0.25, 0.3) is 0 Å². The zero-order valence-corrected chi connectivity index (χ0v) is 14.5. The maximum absolute atomic E-state index is 6.10. The largest absolute Gasteiger partial charge is 0.370 e. The topological polar surface area (TPSA) is 44.9 Å². The van der Waals surface area contributed by atoms with Gasteiger partial charge in [-0.1, -0.05) is 6.92 Å². The summed E-state index contributed by atoms with van der Waals surface area (Å²) in [6, 6.07) is 0. The summed E-state index contributed by atoms with van der Waals surface area (Å²) in [4.78, 5) is 9.42. The van der Waals surface area contributed by atoms with Crippen LogP contribution >= 0.6 is 24.0 Å². The van der Waals surface area contributed by atoms with Crippen molar-refractivity contribution in [3.05, 3.63) is 0 Å². The van der Waals surface area contributed by atoms with Crippen molar-refractivity contribution in [1.29, 1.82) is 0 Å². The summed E-state index contributed by atoms with van der Waals surface area (Å²) < 4.78 is 0. The van der Waals surface area contributed by atoms with Gasteiger partial charge in [0.2, 0.25) is 0 Å². The van der Waals surface area contributed by atoms with Crippen LogP contribution in [0.2, 0.25) is 0 Å². The van der Waals surface area contributed by atoms with E-state index in [1.54, 1.807) is 0 Å². The molecule has 0 aliphatic carbocycles. The summed E-state index contributed by atoms with van der Waals surface area (Å²) in [5.74, 6) is 1.49. The van der Waals surface area contributed by atoms with Crippen molar-refractivity contribution >= 4 is 29.9 Å². The molecule has 0 radical (unpaired) electrons. The number of hydrogen-bond acceptors (Lipinski definition) is 2. The molecule has 1 atom stereocenters. The monoisotopic (exact) mass is 380 g/mol. The third-order valence-electron chi connectivity index (χ3n) is 4.24. The van der Waals surface area contributed by atoms with Crippen molar-refractivity contribution in [2.24, 2.45) is 16.6 Å². The third kappa shape index (κ3) is 5.45. The van der Waals surface area contributed by atoms with Gasteiger partial charge in [-0.3, -0.25) is 4.99 Å². The molecule has 2 aliphatic rings. The van der Waals surface area contributed by atoms with Crippen LogP contribution in [0.4, 0.5) is 0 Å². The van der Waals surface area contributed by atoms with Gasteiger partial charge in [-0.05, 0) is 51.1 Å². The predicted octanol–water partition coefficient (Wildman–Crippen LogP) is 2.14. The molecule has 2 N–H and O–H groups in total. The Morgan fingerprint density at radius 1 is 1.16 bits per heavy atom. The first-order valence-corrected chi connectivity index (χ1v) is 7.57. The van der Waals surface area contributed by atoms with Crippen LogP contribution in [0.15, 0.2) is 4.99 Å². The van der Waals surface area contributed by atoms with Crippen LogP contribution in [0.1, 0.15) is 39.0 Å². The van der Waals surface area contributed by atoms with E-state index in [0.717, 1.165) is 25.6 Å². The summed E-state index contributed by atoms with van der Waals surface area (Å²) in [6.45, 7) is 8.99. The second-order valence-electron chi connectivity index (χ2n) is 5.65. The predicted molar refractivity (Wildman–Crippen MR) is 92.2 cm³/mol. The van der Waals surface area contributed by atoms with Crippen molar-refractivity contribution in [3.63, 3.8) is 0 Å². The molecule has 2 fully saturated rings. The molecule has 2 heterocycles. The van der Waals surface area contributed by atoms with E-state index in [-0.39, 0.29) is 24.0 Å². The molecule has 112 valence electrons. The van der Waals surface area contributed by atoms with E-state index in [2.05, 4.69) is 21.7 Å². The number of aliphatic imine (C=N–C) groups is 1. The first-order chi connectivity index (χ1) is 8.79. The molecule has 4 nitrogen and oxygen atoms in total. The molecule has 2 saturated heterocycles. The smallest absolute Gasteiger partial charge is 0.191 e. The highest BCUT2D eigenvalue weighted by Gasteiger charge is 2.19. The molecule has 0 aromatic rings. The van der Waals surface area contributed by atoms with E-state index in [0.29, 0.717) is 5.92 Å². The SMILES string of the molecule is CCN1CCCC(CN=C(N)N2CCCCC2)C1.I. The van der Waals surface area contributed by atoms with Gasteiger partial charge in [0.05, 0.1) is 0 Å². The van der Waals surface area contributed by atoms with Gasteiger partial charge < -0.3 is 15.5 Å². The van der Waals surface area contributed by atoms with Crippen LogP contribution < -0.4 is 5.73 Å². The molecule has 5 heteroatoms. The Bertz CT molecular complexity index is 277. The van der Waals surface area contributed by atoms with Crippen LogP contribution in [0.5, 0.6) is 0 Å². The van der Waals surface area contributed by atoms with E-state index < -0.39 is 0 Å². The Hall–Kier alpha value is -0.0400. The van der Waals surface area contributed by atoms with E-state index in [1.165, 1.54) is 51.7 Å². The fraction of sp³-hybridized carbons (Fsp3) is 0.929. The molecule has 2 aliphatic heterocycles. The van der Waals surface area contributed by atoms with Gasteiger partial charge >= 0.3 is 0 Å². The van der Waals surface area contributed by atoms with Gasteiger partial charge in [0.15, 0.2) is 5.96 Å². The number of guanidine groups is 1. The number of hydrogen-bond donors (Lipinski definition) is 1. The minimum absolute atomic E-state index is 0. The molecule has 0 aromatic heterocycles. The lowest BCUT2D eigenvalue weighted by atomic mass is 9.98. The Labute approximate surface area is 134 Å². The maximum Gasteiger partial charge on any atom is 0.191 e. The van der Waals surface area contributed by atoms with Crippen LogP contribution in [0, 0.1) is 5.92 Å². The summed E-state index contributed by atoms with van der Waals surface area (Å²) in [5, 5.41) is 0. The molecular formula is C14H29IN4. The summed E-state index contributed by atoms with van der Waals surface area (Å²) >= 11 is 0. The van der Waals surface area contributed by atoms with Crippen LogP contribution in [-0.2, 0) is 0 Å². The fourth-order valence-electron chi connectivity index (χ4n) is 3.03. The molecule has 19 heavy (non-hydrogen) atoms. The number of likely N-dealkylation sites (tertiary alicyclic amines) is 2. The number of nitrogens with two attached hydrogens (primary N) is 1. The van der Waals surface area contributed by atoms with Crippen molar-refractivity contribution in [3.8, 4) is 0 Å². The molecule has 0 amide bonds. The lowest BCUT2D eigenvalue weighted by molar-refractivity contribution is 0.186. The second kappa shape index (κ2) is 9.00. The molecular weight excluding hydrogens is 351 g/mol. The van der Waals surface area contributed by atoms with E-state index in [4.69, 9.17) is 5.73 Å². The maximum atomic E-state index is 6.10. The number of nitrogens with zero attached hydrogens (tertiary/aromatic N) is 3. The third-order valence-corrected chi connectivity index (χ3v) is 4.24. The van der Waals surface area contributed by atoms with E-state index >= 15 is 0 Å². The zero-order chi connectivity index (χ0) is 12.8. The number of halogens is 1. The lowest BCUT2D eigenvalue weighted by Gasteiger charge is -2.32. The fourth-order valence-corrected chi connectivity index (χ4v) is 3.03. The highest BCUT2D eigenvalue weighted by atomic mass is 127. The van der Waals surface area contributed by atoms with Gasteiger partial charge in [-0.2, -0.15) is 0 Å². The highest BCUT2D eigenvalue weighted by Crippen LogP contribution is 2.16. The van der Waals surface area contributed by atoms with Crippen molar-refractivity contribution < 1.29 is 0 Å². The molecule has 0 saturated carbocycles. The van der Waals surface area contributed by atoms with Crippen molar-refractivity contribution in [1.82, 2.24) is 9.80 Å². The van der Waals surface area contributed by atoms with Crippen LogP contribution in [0.25, 0.3) is 0 Å². The van der Waals surface area contributed by atoms with Gasteiger partial charge in [0.1, 0.15) is 0 Å². The summed E-state index contributed by atoms with van der Waals surface area (Å²) in [5.41, 5.74) is 6.10. The summed E-state index contributed by atoms with van der Waals surface area (Å²) in [7, 11) is 0. The zero-order valence-electron chi connectivity index (χ0n) is 12.2. The quantitative estimate of drug-likeness (QED) is 0.464. The number of piperidine rings is 2. The minimum Gasteiger partial charge on any atom is -0.370 e. The Morgan fingerprint density at radius 2 is 1.89 bits per heavy atom. The van der Waals surface area contributed by atoms with Gasteiger partial charge in [0, 0.05) is 26.2 Å². The normalized spacial score (nSPS) is 26.1. The van der Waals surface area contributed by atoms with Crippen molar-refractivity contribution in [2.45, 2.75) is 39.0 Å². The summed E-state index contributed by atoms with van der Waals surface area (Å²) in [6.07, 6.45) is 6.51. The first kappa shape index (κ1) is 17.0.